The SMILES string of the molecule is CNC(=O)C[C@@H]1NC(=O)c2csc(n2)-c2ccc(-c3nc(NC(=O)OCCCC(=O)O)cs3)nc2-c2csc(n2)-c2csc(n2)[C@H]([C@@H](O)c2ccccc2)NC(=O)CNC(=O)c2nc(sc2COC)[C@H](C(C)C)CC(=O)c2nc1sc2C. The highest BCUT2D eigenvalue weighted by atomic mass is 32.1. The van der Waals surface area contributed by atoms with Crippen molar-refractivity contribution < 1.29 is 53.2 Å². The van der Waals surface area contributed by atoms with Gasteiger partial charge in [0.1, 0.15) is 77.2 Å². The number of aliphatic hydroxyl groups excluding tert-OH is 1. The van der Waals surface area contributed by atoms with Crippen LogP contribution in [0.3, 0.4) is 0 Å². The zero-order valence-corrected chi connectivity index (χ0v) is 49.2. The van der Waals surface area contributed by atoms with Crippen LogP contribution in [0.25, 0.3) is 43.4 Å². The average Bonchev–Trinajstić information content (AvgIpc) is 4.45. The molecule has 8 heterocycles. The predicted octanol–water partition coefficient (Wildman–Crippen LogP) is 8.61. The molecule has 7 N–H and O–H groups in total. The van der Waals surface area contributed by atoms with Crippen molar-refractivity contribution in [1.29, 1.82) is 0 Å². The molecule has 0 spiro atoms. The summed E-state index contributed by atoms with van der Waals surface area (Å²) in [5.41, 5.74) is 2.73. The summed E-state index contributed by atoms with van der Waals surface area (Å²) in [4.78, 5) is 128. The lowest BCUT2D eigenvalue weighted by atomic mass is 9.90. The van der Waals surface area contributed by atoms with E-state index in [1.165, 1.54) is 70.8 Å². The van der Waals surface area contributed by atoms with E-state index in [1.807, 2.05) is 13.8 Å². The van der Waals surface area contributed by atoms with Gasteiger partial charge in [-0.05, 0) is 37.0 Å². The van der Waals surface area contributed by atoms with Crippen molar-refractivity contribution in [3.05, 3.63) is 111 Å². The Morgan fingerprint density at radius 1 is 0.756 bits per heavy atom. The number of Topliss-reactive ketones (excluding diaryl/α,β-unsaturated/α-hetero) is 1. The number of nitrogens with zero attached hydrogens (tertiary/aromatic N) is 7. The molecule has 0 saturated heterocycles. The van der Waals surface area contributed by atoms with Gasteiger partial charge in [-0.25, -0.2) is 39.7 Å². The van der Waals surface area contributed by atoms with Crippen molar-refractivity contribution in [2.45, 2.75) is 77.2 Å². The molecule has 9 rings (SSSR count). The Hall–Kier alpha value is -7.64. The first-order valence-electron chi connectivity index (χ1n) is 25.3. The van der Waals surface area contributed by atoms with Crippen LogP contribution in [0.4, 0.5) is 10.6 Å². The van der Waals surface area contributed by atoms with E-state index in [1.54, 1.807) is 70.9 Å². The van der Waals surface area contributed by atoms with Gasteiger partial charge >= 0.3 is 12.1 Å². The number of aryl methyl sites for hydroxylation is 1. The summed E-state index contributed by atoms with van der Waals surface area (Å²) in [5, 5.41) is 43.5. The van der Waals surface area contributed by atoms with Crippen molar-refractivity contribution in [1.82, 2.24) is 56.2 Å². The number of aliphatic carboxylic acids is 1. The van der Waals surface area contributed by atoms with Crippen LogP contribution in [0.15, 0.2) is 64.0 Å². The Morgan fingerprint density at radius 3 is 2.23 bits per heavy atom. The Labute approximate surface area is 492 Å². The summed E-state index contributed by atoms with van der Waals surface area (Å²) in [6, 6.07) is 10.1. The Balaban J connectivity index is 1.11. The molecule has 5 amide bonds. The second-order valence-electron chi connectivity index (χ2n) is 18.7. The quantitative estimate of drug-likeness (QED) is 0.0531. The third kappa shape index (κ3) is 14.0. The molecular weight excluding hydrogens is 1170 g/mol. The molecule has 0 saturated carbocycles. The van der Waals surface area contributed by atoms with E-state index in [0.29, 0.717) is 73.7 Å². The van der Waals surface area contributed by atoms with Crippen LogP contribution in [0.1, 0.15) is 125 Å². The highest BCUT2D eigenvalue weighted by Gasteiger charge is 2.33. The van der Waals surface area contributed by atoms with Gasteiger partial charge in [0.05, 0.1) is 47.8 Å². The number of ketones is 1. The van der Waals surface area contributed by atoms with E-state index in [4.69, 9.17) is 44.5 Å². The van der Waals surface area contributed by atoms with Crippen molar-refractivity contribution >= 4 is 115 Å². The smallest absolute Gasteiger partial charge is 0.412 e. The molecule has 426 valence electrons. The van der Waals surface area contributed by atoms with Gasteiger partial charge in [-0.3, -0.25) is 34.1 Å². The highest BCUT2D eigenvalue weighted by Crippen LogP contribution is 2.41. The fourth-order valence-electron chi connectivity index (χ4n) is 8.43. The maximum absolute atomic E-state index is 14.3. The number of benzene rings is 1. The van der Waals surface area contributed by atoms with Gasteiger partial charge < -0.3 is 41.0 Å². The molecule has 23 nitrogen and oxygen atoms in total. The highest BCUT2D eigenvalue weighted by molar-refractivity contribution is 7.15. The minimum absolute atomic E-state index is 0.0216. The first-order chi connectivity index (χ1) is 39.5. The number of methoxy groups -OCH3 is 1. The molecule has 10 bridgehead atoms. The van der Waals surface area contributed by atoms with Gasteiger partial charge in [0, 0.05) is 64.9 Å². The number of ether oxygens (including phenoxy) is 2. The number of thiazole rings is 6. The number of rotatable bonds is 13. The van der Waals surface area contributed by atoms with Crippen LogP contribution in [0.5, 0.6) is 0 Å². The van der Waals surface area contributed by atoms with Crippen LogP contribution in [-0.4, -0.2) is 114 Å². The number of anilines is 1. The normalized spacial score (nSPS) is 16.4. The van der Waals surface area contributed by atoms with Crippen molar-refractivity contribution in [2.24, 2.45) is 5.92 Å². The number of carbonyl (C=O) groups excluding carboxylic acids is 6. The first kappa shape index (κ1) is 59.0. The van der Waals surface area contributed by atoms with Crippen LogP contribution < -0.4 is 26.6 Å². The van der Waals surface area contributed by atoms with Crippen LogP contribution in [-0.2, 0) is 30.5 Å². The summed E-state index contributed by atoms with van der Waals surface area (Å²) >= 11 is 7.18. The molecule has 7 aromatic heterocycles. The van der Waals surface area contributed by atoms with E-state index in [2.05, 4.69) is 31.6 Å². The molecule has 0 fully saturated rings. The maximum Gasteiger partial charge on any atom is 0.412 e. The molecule has 0 unspecified atom stereocenters. The van der Waals surface area contributed by atoms with Gasteiger partial charge in [0.25, 0.3) is 11.8 Å². The van der Waals surface area contributed by atoms with Gasteiger partial charge in [-0.1, -0.05) is 44.2 Å². The summed E-state index contributed by atoms with van der Waals surface area (Å²) < 4.78 is 10.6. The number of aliphatic hydroxyl groups is 1. The molecule has 1 aliphatic heterocycles. The molecular formula is C53H52N12O11S6. The first-order valence-corrected chi connectivity index (χ1v) is 30.4. The second-order valence-corrected chi connectivity index (χ2v) is 24.5. The minimum Gasteiger partial charge on any atom is -0.481 e. The molecule has 4 atom stereocenters. The minimum atomic E-state index is -1.28. The van der Waals surface area contributed by atoms with E-state index in [-0.39, 0.29) is 73.5 Å². The van der Waals surface area contributed by atoms with Crippen molar-refractivity contribution in [3.8, 4) is 43.4 Å². The van der Waals surface area contributed by atoms with E-state index < -0.39 is 66.3 Å². The lowest BCUT2D eigenvalue weighted by molar-refractivity contribution is -0.137. The molecule has 29 heteroatoms. The summed E-state index contributed by atoms with van der Waals surface area (Å²) in [6.45, 7) is 5.03. The largest absolute Gasteiger partial charge is 0.481 e. The van der Waals surface area contributed by atoms with Crippen molar-refractivity contribution in [3.63, 3.8) is 0 Å². The fraction of sp³-hybridized carbons (Fsp3) is 0.321. The predicted molar refractivity (Wildman–Crippen MR) is 310 cm³/mol. The van der Waals surface area contributed by atoms with Gasteiger partial charge in [-0.2, -0.15) is 0 Å². The number of amides is 5. The molecule has 8 aromatic rings. The van der Waals surface area contributed by atoms with Crippen molar-refractivity contribution in [2.75, 3.05) is 32.6 Å². The molecule has 0 radical (unpaired) electrons. The van der Waals surface area contributed by atoms with Gasteiger partial charge in [-0.15, -0.1) is 68.0 Å². The topological polar surface area (TPSA) is 329 Å². The fourth-order valence-corrected chi connectivity index (χ4v) is 14.0. The monoisotopic (exact) mass is 1220 g/mol. The number of hydrogen-bond donors (Lipinski definition) is 7. The number of carboxylic acids is 1. The molecule has 1 aliphatic rings. The number of fused-ring (bicyclic) bond motifs is 14. The third-order valence-electron chi connectivity index (χ3n) is 12.6. The Bertz CT molecular complexity index is 3660. The number of aromatic nitrogens is 7. The van der Waals surface area contributed by atoms with E-state index in [9.17, 15) is 38.7 Å². The Kier molecular flexibility index (Phi) is 19.1. The van der Waals surface area contributed by atoms with Crippen LogP contribution in [0.2, 0.25) is 0 Å². The van der Waals surface area contributed by atoms with Gasteiger partial charge in [0.15, 0.2) is 5.78 Å². The van der Waals surface area contributed by atoms with Crippen LogP contribution in [0, 0.1) is 12.8 Å². The lowest BCUT2D eigenvalue weighted by Gasteiger charge is -2.23. The summed E-state index contributed by atoms with van der Waals surface area (Å²) in [5.74, 6) is -4.07. The number of hydrogen-bond acceptors (Lipinski definition) is 23. The number of pyridine rings is 1. The Morgan fingerprint density at radius 2 is 1.48 bits per heavy atom. The van der Waals surface area contributed by atoms with E-state index in [0.717, 1.165) is 11.3 Å². The number of nitrogens with one attached hydrogen (secondary N) is 5. The van der Waals surface area contributed by atoms with Crippen LogP contribution >= 0.6 is 68.0 Å². The van der Waals surface area contributed by atoms with Gasteiger partial charge in [0.2, 0.25) is 11.8 Å². The summed E-state index contributed by atoms with van der Waals surface area (Å²) in [7, 11) is 2.95. The zero-order chi connectivity index (χ0) is 58.2. The molecule has 1 aromatic carbocycles. The number of carbonyl (C=O) groups is 7. The molecule has 0 aliphatic carbocycles. The maximum atomic E-state index is 14.3. The summed E-state index contributed by atoms with van der Waals surface area (Å²) in [6.07, 6.45) is -2.37. The third-order valence-corrected chi connectivity index (χ3v) is 18.4. The van der Waals surface area contributed by atoms with E-state index >= 15 is 0 Å². The second kappa shape index (κ2) is 26.5. The average molecular weight is 1230 g/mol. The zero-order valence-electron chi connectivity index (χ0n) is 44.3. The number of carboxylic acid groups (broad SMARTS) is 1. The lowest BCUT2D eigenvalue weighted by Crippen LogP contribution is -2.40. The molecule has 82 heavy (non-hydrogen) atoms. The standard InChI is InChI=1S/C53H52N12O11S6/c1-24(2)28-16-34(66)40-25(3)81-51(64-40)30(17-37(67)54-4)57-45(72)32-21-77-47(59-32)27-13-14-29(49-61-36(23-80-49)62-53(74)76-15-9-12-39(69)70)56-41(27)31-20-78-50(58-31)33-22-79-52(60-33)43(44(71)26-10-7-6-8-11-26)63-38(68)18-55-46(73)42-35(19-75-5)82-48(28)65-42/h6-8,10-11,13-14,20-24,28,30,43-44,71H,9,12,15-19H2,1-5H3,(H,54,67)(H,55,73)(H,57,72)(H,62,74)(H,63,68)(H,69,70)/t28-,30-,43-,44-/m0/s1.